The van der Waals surface area contributed by atoms with Crippen LogP contribution in [0.4, 0.5) is 11.4 Å². The molecule has 4 heteroatoms. The number of anilines is 2. The van der Waals surface area contributed by atoms with E-state index in [0.717, 1.165) is 31.0 Å². The molecule has 0 unspecified atom stereocenters. The molecule has 0 aromatic heterocycles. The molecule has 1 aromatic carbocycles. The van der Waals surface area contributed by atoms with E-state index in [2.05, 4.69) is 21.6 Å². The van der Waals surface area contributed by atoms with Crippen molar-refractivity contribution in [3.05, 3.63) is 24.3 Å². The fourth-order valence-electron chi connectivity index (χ4n) is 2.25. The van der Waals surface area contributed by atoms with Gasteiger partial charge >= 0.3 is 0 Å². The van der Waals surface area contributed by atoms with Crippen LogP contribution in [-0.4, -0.2) is 32.1 Å². The second kappa shape index (κ2) is 6.40. The van der Waals surface area contributed by atoms with Gasteiger partial charge in [0.15, 0.2) is 0 Å². The zero-order valence-corrected chi connectivity index (χ0v) is 10.9. The van der Waals surface area contributed by atoms with Crippen molar-refractivity contribution in [1.29, 1.82) is 0 Å². The summed E-state index contributed by atoms with van der Waals surface area (Å²) in [6, 6.07) is 8.03. The summed E-state index contributed by atoms with van der Waals surface area (Å²) in [5.74, 6) is 0.0171. The Hall–Kier alpha value is -1.55. The second-order valence-corrected chi connectivity index (χ2v) is 4.54. The summed E-state index contributed by atoms with van der Waals surface area (Å²) in [7, 11) is 0. The zero-order valence-electron chi connectivity index (χ0n) is 10.9. The molecule has 0 radical (unpaired) electrons. The van der Waals surface area contributed by atoms with Crippen molar-refractivity contribution in [2.75, 3.05) is 36.4 Å². The molecule has 1 amide bonds. The Labute approximate surface area is 108 Å². The van der Waals surface area contributed by atoms with Crippen LogP contribution in [-0.2, 0) is 4.79 Å². The monoisotopic (exact) mass is 247 g/mol. The number of benzene rings is 1. The maximum Gasteiger partial charge on any atom is 0.238 e. The highest BCUT2D eigenvalue weighted by Crippen LogP contribution is 2.28. The third-order valence-electron chi connectivity index (χ3n) is 3.16. The van der Waals surface area contributed by atoms with Crippen LogP contribution >= 0.6 is 0 Å². The molecule has 0 spiro atoms. The van der Waals surface area contributed by atoms with E-state index in [-0.39, 0.29) is 5.91 Å². The molecule has 0 atom stereocenters. The molecule has 98 valence electrons. The SMILES string of the molecule is CCNCC(=O)Nc1ccccc1N1CCCC1. The molecule has 0 saturated carbocycles. The first-order chi connectivity index (χ1) is 8.81. The van der Waals surface area contributed by atoms with Gasteiger partial charge in [0.25, 0.3) is 0 Å². The Morgan fingerprint density at radius 1 is 1.28 bits per heavy atom. The molecule has 0 bridgehead atoms. The molecule has 18 heavy (non-hydrogen) atoms. The van der Waals surface area contributed by atoms with Crippen LogP contribution < -0.4 is 15.5 Å². The summed E-state index contributed by atoms with van der Waals surface area (Å²) in [5, 5.41) is 6.01. The van der Waals surface area contributed by atoms with Crippen molar-refractivity contribution in [2.24, 2.45) is 0 Å². The van der Waals surface area contributed by atoms with Crippen LogP contribution in [0.25, 0.3) is 0 Å². The second-order valence-electron chi connectivity index (χ2n) is 4.54. The average molecular weight is 247 g/mol. The Morgan fingerprint density at radius 3 is 2.72 bits per heavy atom. The van der Waals surface area contributed by atoms with Crippen molar-refractivity contribution in [3.8, 4) is 0 Å². The van der Waals surface area contributed by atoms with E-state index in [1.54, 1.807) is 0 Å². The Morgan fingerprint density at radius 2 is 2.00 bits per heavy atom. The molecule has 1 heterocycles. The number of likely N-dealkylation sites (N-methyl/N-ethyl adjacent to an activating group) is 1. The zero-order chi connectivity index (χ0) is 12.8. The van der Waals surface area contributed by atoms with Crippen molar-refractivity contribution >= 4 is 17.3 Å². The topological polar surface area (TPSA) is 44.4 Å². The summed E-state index contributed by atoms with van der Waals surface area (Å²) >= 11 is 0. The Kier molecular flexibility index (Phi) is 4.59. The highest BCUT2D eigenvalue weighted by molar-refractivity contribution is 5.95. The molecule has 1 aromatic rings. The first-order valence-electron chi connectivity index (χ1n) is 6.66. The van der Waals surface area contributed by atoms with Crippen molar-refractivity contribution in [1.82, 2.24) is 5.32 Å². The number of para-hydroxylation sites is 2. The molecule has 4 nitrogen and oxygen atoms in total. The maximum absolute atomic E-state index is 11.7. The quantitative estimate of drug-likeness (QED) is 0.834. The average Bonchev–Trinajstić information content (AvgIpc) is 2.91. The van der Waals surface area contributed by atoms with Gasteiger partial charge in [0.2, 0.25) is 5.91 Å². The molecule has 2 N–H and O–H groups in total. The molecule has 0 aliphatic carbocycles. The van der Waals surface area contributed by atoms with Gasteiger partial charge in [-0.1, -0.05) is 19.1 Å². The van der Waals surface area contributed by atoms with Gasteiger partial charge in [0.1, 0.15) is 0 Å². The largest absolute Gasteiger partial charge is 0.370 e. The summed E-state index contributed by atoms with van der Waals surface area (Å²) in [6.45, 7) is 5.33. The van der Waals surface area contributed by atoms with Gasteiger partial charge in [0, 0.05) is 13.1 Å². The van der Waals surface area contributed by atoms with Gasteiger partial charge in [-0.3, -0.25) is 4.79 Å². The predicted octanol–water partition coefficient (Wildman–Crippen LogP) is 1.83. The summed E-state index contributed by atoms with van der Waals surface area (Å²) in [4.78, 5) is 14.1. The van der Waals surface area contributed by atoms with Gasteiger partial charge < -0.3 is 15.5 Å². The maximum atomic E-state index is 11.7. The lowest BCUT2D eigenvalue weighted by molar-refractivity contribution is -0.115. The van der Waals surface area contributed by atoms with Gasteiger partial charge in [0.05, 0.1) is 17.9 Å². The van der Waals surface area contributed by atoms with Gasteiger partial charge in [-0.25, -0.2) is 0 Å². The molecule has 2 rings (SSSR count). The fraction of sp³-hybridized carbons (Fsp3) is 0.500. The minimum atomic E-state index is 0.0171. The number of rotatable bonds is 5. The first-order valence-corrected chi connectivity index (χ1v) is 6.66. The lowest BCUT2D eigenvalue weighted by Gasteiger charge is -2.21. The summed E-state index contributed by atoms with van der Waals surface area (Å²) < 4.78 is 0. The minimum absolute atomic E-state index is 0.0171. The van der Waals surface area contributed by atoms with E-state index < -0.39 is 0 Å². The molecule has 1 fully saturated rings. The minimum Gasteiger partial charge on any atom is -0.370 e. The van der Waals surface area contributed by atoms with Gasteiger partial charge in [-0.2, -0.15) is 0 Å². The predicted molar refractivity (Wildman–Crippen MR) is 75.1 cm³/mol. The first kappa shape index (κ1) is 12.9. The van der Waals surface area contributed by atoms with Crippen LogP contribution in [0.15, 0.2) is 24.3 Å². The van der Waals surface area contributed by atoms with Crippen LogP contribution in [0.3, 0.4) is 0 Å². The molecule has 1 aliphatic rings. The molecule has 1 aliphatic heterocycles. The van der Waals surface area contributed by atoms with Crippen LogP contribution in [0.2, 0.25) is 0 Å². The summed E-state index contributed by atoms with van der Waals surface area (Å²) in [6.07, 6.45) is 2.47. The van der Waals surface area contributed by atoms with Crippen molar-refractivity contribution in [2.45, 2.75) is 19.8 Å². The molecular weight excluding hydrogens is 226 g/mol. The fourth-order valence-corrected chi connectivity index (χ4v) is 2.25. The standard InChI is InChI=1S/C14H21N3O/c1-2-15-11-14(18)16-12-7-3-4-8-13(12)17-9-5-6-10-17/h3-4,7-8,15H,2,5-6,9-11H2,1H3,(H,16,18). The van der Waals surface area contributed by atoms with E-state index in [4.69, 9.17) is 0 Å². The smallest absolute Gasteiger partial charge is 0.238 e. The lowest BCUT2D eigenvalue weighted by Crippen LogP contribution is -2.28. The van der Waals surface area contributed by atoms with E-state index in [1.807, 2.05) is 25.1 Å². The van der Waals surface area contributed by atoms with E-state index in [9.17, 15) is 4.79 Å². The number of amides is 1. The Bertz CT molecular complexity index is 400. The van der Waals surface area contributed by atoms with Crippen molar-refractivity contribution in [3.63, 3.8) is 0 Å². The molecule has 1 saturated heterocycles. The van der Waals surface area contributed by atoms with Crippen LogP contribution in [0.1, 0.15) is 19.8 Å². The van der Waals surface area contributed by atoms with E-state index in [1.165, 1.54) is 12.8 Å². The number of hydrogen-bond donors (Lipinski definition) is 2. The van der Waals surface area contributed by atoms with Crippen LogP contribution in [0.5, 0.6) is 0 Å². The number of carbonyl (C=O) groups is 1. The van der Waals surface area contributed by atoms with Crippen LogP contribution in [0, 0.1) is 0 Å². The third kappa shape index (κ3) is 3.23. The van der Waals surface area contributed by atoms with E-state index >= 15 is 0 Å². The highest BCUT2D eigenvalue weighted by atomic mass is 16.1. The normalized spacial score (nSPS) is 14.8. The highest BCUT2D eigenvalue weighted by Gasteiger charge is 2.16. The van der Waals surface area contributed by atoms with Gasteiger partial charge in [-0.15, -0.1) is 0 Å². The third-order valence-corrected chi connectivity index (χ3v) is 3.16. The number of nitrogens with zero attached hydrogens (tertiary/aromatic N) is 1. The number of carbonyl (C=O) groups excluding carboxylic acids is 1. The number of nitrogens with one attached hydrogen (secondary N) is 2. The Balaban J connectivity index is 2.05. The van der Waals surface area contributed by atoms with E-state index in [0.29, 0.717) is 6.54 Å². The summed E-state index contributed by atoms with van der Waals surface area (Å²) in [5.41, 5.74) is 2.06. The molecular formula is C14H21N3O. The number of hydrogen-bond acceptors (Lipinski definition) is 3. The van der Waals surface area contributed by atoms with Gasteiger partial charge in [-0.05, 0) is 31.5 Å². The lowest BCUT2D eigenvalue weighted by atomic mass is 10.2. The van der Waals surface area contributed by atoms with Crippen molar-refractivity contribution < 1.29 is 4.79 Å².